The summed E-state index contributed by atoms with van der Waals surface area (Å²) >= 11 is 0. The Morgan fingerprint density at radius 1 is 1.44 bits per heavy atom. The molecule has 0 aromatic rings. The van der Waals surface area contributed by atoms with Gasteiger partial charge in [0, 0.05) is 0 Å². The van der Waals surface area contributed by atoms with E-state index in [1.54, 1.807) is 0 Å². The molecule has 0 aromatic carbocycles. The summed E-state index contributed by atoms with van der Waals surface area (Å²) in [6.07, 6.45) is 5.16. The van der Waals surface area contributed by atoms with E-state index in [2.05, 4.69) is 13.5 Å². The minimum absolute atomic E-state index is 0.0180. The molecule has 0 aromatic heterocycles. The molecule has 3 fully saturated rings. The molecule has 1 N–H and O–H groups in total. The zero-order chi connectivity index (χ0) is 13.1. The lowest BCUT2D eigenvalue weighted by molar-refractivity contribution is -0.164. The number of rotatable bonds is 1. The van der Waals surface area contributed by atoms with Crippen LogP contribution in [0.3, 0.4) is 0 Å². The van der Waals surface area contributed by atoms with E-state index in [0.717, 1.165) is 32.1 Å². The first kappa shape index (κ1) is 12.2. The van der Waals surface area contributed by atoms with Crippen LogP contribution in [0.15, 0.2) is 12.2 Å². The van der Waals surface area contributed by atoms with Crippen LogP contribution in [0.2, 0.25) is 0 Å². The summed E-state index contributed by atoms with van der Waals surface area (Å²) in [7, 11) is 0. The number of carbonyl (C=O) groups is 1. The molecule has 3 rings (SSSR count). The quantitative estimate of drug-likeness (QED) is 0.575. The van der Waals surface area contributed by atoms with Gasteiger partial charge in [-0.3, -0.25) is 4.79 Å². The summed E-state index contributed by atoms with van der Waals surface area (Å²) in [6, 6.07) is 0. The van der Waals surface area contributed by atoms with Gasteiger partial charge >= 0.3 is 5.97 Å². The summed E-state index contributed by atoms with van der Waals surface area (Å²) < 4.78 is 5.78. The highest BCUT2D eigenvalue weighted by Gasteiger charge is 2.59. The first-order valence-corrected chi connectivity index (χ1v) is 6.96. The van der Waals surface area contributed by atoms with E-state index in [1.807, 2.05) is 6.92 Å². The minimum Gasteiger partial charge on any atom is -0.481 e. The van der Waals surface area contributed by atoms with Crippen LogP contribution in [0, 0.1) is 17.3 Å². The van der Waals surface area contributed by atoms with Crippen molar-refractivity contribution >= 4 is 5.97 Å². The average molecular weight is 250 g/mol. The van der Waals surface area contributed by atoms with Crippen molar-refractivity contribution in [1.29, 1.82) is 0 Å². The third-order valence-electron chi connectivity index (χ3n) is 5.68. The van der Waals surface area contributed by atoms with E-state index in [0.29, 0.717) is 12.0 Å². The van der Waals surface area contributed by atoms with Crippen molar-refractivity contribution in [3.8, 4) is 0 Å². The number of carboxylic acids is 1. The van der Waals surface area contributed by atoms with Gasteiger partial charge in [-0.05, 0) is 57.8 Å². The van der Waals surface area contributed by atoms with E-state index in [9.17, 15) is 9.90 Å². The van der Waals surface area contributed by atoms with Crippen LogP contribution in [-0.4, -0.2) is 22.8 Å². The summed E-state index contributed by atoms with van der Waals surface area (Å²) in [5.74, 6) is 0.0312. The van der Waals surface area contributed by atoms with E-state index in [-0.39, 0.29) is 11.5 Å². The molecular weight excluding hydrogens is 228 g/mol. The molecule has 18 heavy (non-hydrogen) atoms. The van der Waals surface area contributed by atoms with E-state index < -0.39 is 11.4 Å². The Morgan fingerprint density at radius 3 is 2.83 bits per heavy atom. The number of ether oxygens (including phenoxy) is 1. The monoisotopic (exact) mass is 250 g/mol. The first-order valence-electron chi connectivity index (χ1n) is 6.96. The summed E-state index contributed by atoms with van der Waals surface area (Å²) in [5, 5.41) is 9.43. The molecule has 3 aliphatic rings. The number of epoxide rings is 1. The molecule has 100 valence electrons. The second-order valence-corrected chi connectivity index (χ2v) is 6.79. The van der Waals surface area contributed by atoms with Crippen molar-refractivity contribution in [3.05, 3.63) is 12.2 Å². The molecule has 0 radical (unpaired) electrons. The fraction of sp³-hybridized carbons (Fsp3) is 0.800. The molecule has 3 heteroatoms. The molecule has 2 saturated carbocycles. The molecule has 0 unspecified atom stereocenters. The maximum atomic E-state index is 11.5. The molecule has 0 bridgehead atoms. The van der Waals surface area contributed by atoms with Gasteiger partial charge in [0.1, 0.15) is 0 Å². The fourth-order valence-corrected chi connectivity index (χ4v) is 4.05. The van der Waals surface area contributed by atoms with Crippen LogP contribution in [-0.2, 0) is 9.53 Å². The molecular formula is C15H22O3. The van der Waals surface area contributed by atoms with Gasteiger partial charge < -0.3 is 9.84 Å². The summed E-state index contributed by atoms with van der Waals surface area (Å²) in [6.45, 7) is 8.25. The van der Waals surface area contributed by atoms with Crippen molar-refractivity contribution in [3.63, 3.8) is 0 Å². The molecule has 0 amide bonds. The number of aliphatic carboxylic acids is 1. The van der Waals surface area contributed by atoms with Crippen LogP contribution >= 0.6 is 0 Å². The highest BCUT2D eigenvalue weighted by Crippen LogP contribution is 2.59. The van der Waals surface area contributed by atoms with Crippen LogP contribution in [0.25, 0.3) is 0 Å². The van der Waals surface area contributed by atoms with Gasteiger partial charge in [-0.25, -0.2) is 0 Å². The van der Waals surface area contributed by atoms with Crippen LogP contribution in [0.1, 0.15) is 46.0 Å². The third kappa shape index (κ3) is 1.56. The lowest BCUT2D eigenvalue weighted by Crippen LogP contribution is -2.51. The van der Waals surface area contributed by atoms with Crippen molar-refractivity contribution in [2.24, 2.45) is 17.3 Å². The summed E-state index contributed by atoms with van der Waals surface area (Å²) in [5.41, 5.74) is 0.724. The highest BCUT2D eigenvalue weighted by molar-refractivity contribution is 5.76. The lowest BCUT2D eigenvalue weighted by atomic mass is 9.51. The Bertz CT molecular complexity index is 416. The van der Waals surface area contributed by atoms with E-state index in [4.69, 9.17) is 4.74 Å². The van der Waals surface area contributed by atoms with Crippen LogP contribution in [0.5, 0.6) is 0 Å². The number of hydrogen-bond donors (Lipinski definition) is 1. The Balaban J connectivity index is 1.81. The second-order valence-electron chi connectivity index (χ2n) is 6.79. The Kier molecular flexibility index (Phi) is 2.44. The number of allylic oxidation sites excluding steroid dienone is 1. The molecule has 3 nitrogen and oxygen atoms in total. The fourth-order valence-electron chi connectivity index (χ4n) is 4.05. The predicted octanol–water partition coefficient (Wildman–Crippen LogP) is 3.00. The second kappa shape index (κ2) is 3.60. The average Bonchev–Trinajstić information content (AvgIpc) is 2.92. The summed E-state index contributed by atoms with van der Waals surface area (Å²) in [4.78, 5) is 11.5. The minimum atomic E-state index is -0.644. The Hall–Kier alpha value is -0.830. The normalized spacial score (nSPS) is 51.0. The Morgan fingerprint density at radius 2 is 2.17 bits per heavy atom. The smallest absolute Gasteiger partial charge is 0.309 e. The van der Waals surface area contributed by atoms with Crippen molar-refractivity contribution < 1.29 is 14.6 Å². The largest absolute Gasteiger partial charge is 0.481 e. The standard InChI is InChI=1S/C15H22O3/c1-9-4-5-12-15(3,18-12)7-6-11-10(9)8-14(11,2)13(16)17/h10-12H,1,4-8H2,2-3H3,(H,16,17)/t10-,11-,12-,14+,15-/m1/s1. The molecule has 1 saturated heterocycles. The third-order valence-corrected chi connectivity index (χ3v) is 5.68. The van der Waals surface area contributed by atoms with E-state index >= 15 is 0 Å². The van der Waals surface area contributed by atoms with Crippen LogP contribution in [0.4, 0.5) is 0 Å². The van der Waals surface area contributed by atoms with Crippen molar-refractivity contribution in [1.82, 2.24) is 0 Å². The van der Waals surface area contributed by atoms with Gasteiger partial charge in [-0.15, -0.1) is 0 Å². The van der Waals surface area contributed by atoms with Gasteiger partial charge in [0.2, 0.25) is 0 Å². The van der Waals surface area contributed by atoms with Gasteiger partial charge in [0.05, 0.1) is 17.1 Å². The number of hydrogen-bond acceptors (Lipinski definition) is 2. The molecule has 1 aliphatic heterocycles. The molecule has 1 heterocycles. The van der Waals surface area contributed by atoms with Gasteiger partial charge in [-0.2, -0.15) is 0 Å². The maximum Gasteiger partial charge on any atom is 0.309 e. The zero-order valence-electron chi connectivity index (χ0n) is 11.2. The predicted molar refractivity (Wildman–Crippen MR) is 68.2 cm³/mol. The van der Waals surface area contributed by atoms with E-state index in [1.165, 1.54) is 5.57 Å². The molecule has 5 atom stereocenters. The van der Waals surface area contributed by atoms with Crippen LogP contribution < -0.4 is 0 Å². The number of fused-ring (bicyclic) bond motifs is 2. The topological polar surface area (TPSA) is 49.8 Å². The van der Waals surface area contributed by atoms with Gasteiger partial charge in [0.15, 0.2) is 0 Å². The molecule has 0 spiro atoms. The van der Waals surface area contributed by atoms with Gasteiger partial charge in [-0.1, -0.05) is 12.2 Å². The van der Waals surface area contributed by atoms with Crippen molar-refractivity contribution in [2.45, 2.75) is 57.7 Å². The lowest BCUT2D eigenvalue weighted by Gasteiger charge is -2.51. The Labute approximate surface area is 108 Å². The van der Waals surface area contributed by atoms with Gasteiger partial charge in [0.25, 0.3) is 0 Å². The SMILES string of the molecule is C=C1CC[C@H]2O[C@]2(C)CC[C@@H]2[C@@H]1C[C@]2(C)C(=O)O. The number of carboxylic acid groups (broad SMARTS) is 1. The zero-order valence-corrected chi connectivity index (χ0v) is 11.2. The molecule has 2 aliphatic carbocycles. The van der Waals surface area contributed by atoms with Crippen molar-refractivity contribution in [2.75, 3.05) is 0 Å². The highest BCUT2D eigenvalue weighted by atomic mass is 16.6. The first-order chi connectivity index (χ1) is 8.37. The maximum absolute atomic E-state index is 11.5.